The van der Waals surface area contributed by atoms with E-state index < -0.39 is 10.0 Å². The van der Waals surface area contributed by atoms with Crippen LogP contribution in [0, 0.1) is 13.8 Å². The third-order valence-corrected chi connectivity index (χ3v) is 6.00. The van der Waals surface area contributed by atoms with Crippen molar-refractivity contribution < 1.29 is 13.2 Å². The van der Waals surface area contributed by atoms with Crippen molar-refractivity contribution in [2.24, 2.45) is 0 Å². The summed E-state index contributed by atoms with van der Waals surface area (Å²) in [5.41, 5.74) is 4.94. The number of hydrogen-bond acceptors (Lipinski definition) is 3. The highest BCUT2D eigenvalue weighted by Gasteiger charge is 2.23. The number of nitrogens with zero attached hydrogens (tertiary/aromatic N) is 1. The minimum atomic E-state index is -3.58. The van der Waals surface area contributed by atoms with Crippen LogP contribution in [0.2, 0.25) is 0 Å². The summed E-state index contributed by atoms with van der Waals surface area (Å²) in [6, 6.07) is 13.2. The van der Waals surface area contributed by atoms with Crippen LogP contribution in [0.1, 0.15) is 48.6 Å². The topological polar surface area (TPSA) is 66.5 Å². The predicted molar refractivity (Wildman–Crippen MR) is 115 cm³/mol. The summed E-state index contributed by atoms with van der Waals surface area (Å²) in [7, 11) is -3.58. The second-order valence-corrected chi connectivity index (χ2v) is 9.08. The molecule has 0 aliphatic rings. The lowest BCUT2D eigenvalue weighted by molar-refractivity contribution is -0.120. The van der Waals surface area contributed by atoms with Gasteiger partial charge in [0.25, 0.3) is 0 Å². The Morgan fingerprint density at radius 3 is 2.21 bits per heavy atom. The van der Waals surface area contributed by atoms with E-state index in [-0.39, 0.29) is 18.5 Å². The van der Waals surface area contributed by atoms with Gasteiger partial charge in [0.05, 0.1) is 18.0 Å². The molecular weight excluding hydrogens is 372 g/mol. The molecule has 0 saturated heterocycles. The van der Waals surface area contributed by atoms with Gasteiger partial charge in [-0.2, -0.15) is 0 Å². The van der Waals surface area contributed by atoms with Gasteiger partial charge in [-0.05, 0) is 55.5 Å². The van der Waals surface area contributed by atoms with Gasteiger partial charge < -0.3 is 5.32 Å². The van der Waals surface area contributed by atoms with Gasteiger partial charge >= 0.3 is 0 Å². The molecule has 0 saturated carbocycles. The van der Waals surface area contributed by atoms with Gasteiger partial charge in [0.2, 0.25) is 15.9 Å². The number of benzene rings is 2. The van der Waals surface area contributed by atoms with Crippen LogP contribution in [0.5, 0.6) is 0 Å². The minimum Gasteiger partial charge on any atom is -0.348 e. The Bertz CT molecular complexity index is 921. The molecule has 28 heavy (non-hydrogen) atoms. The molecule has 152 valence electrons. The van der Waals surface area contributed by atoms with E-state index >= 15 is 0 Å². The molecule has 0 spiro atoms. The molecule has 2 aromatic rings. The summed E-state index contributed by atoms with van der Waals surface area (Å²) in [4.78, 5) is 12.7. The first-order chi connectivity index (χ1) is 13.2. The first-order valence-electron chi connectivity index (χ1n) is 9.58. The van der Waals surface area contributed by atoms with Crippen molar-refractivity contribution in [1.29, 1.82) is 0 Å². The molecule has 0 unspecified atom stereocenters. The Kier molecular flexibility index (Phi) is 7.24. The SMILES string of the molecule is CCc1ccc(N(CC(=O)N[C@@H](CC)c2ccc(C)cc2C)S(C)(=O)=O)cc1. The fourth-order valence-electron chi connectivity index (χ4n) is 3.28. The lowest BCUT2D eigenvalue weighted by atomic mass is 9.97. The second kappa shape index (κ2) is 9.24. The first-order valence-corrected chi connectivity index (χ1v) is 11.4. The molecule has 5 nitrogen and oxygen atoms in total. The normalized spacial score (nSPS) is 12.5. The summed E-state index contributed by atoms with van der Waals surface area (Å²) in [5.74, 6) is -0.322. The van der Waals surface area contributed by atoms with Gasteiger partial charge in [-0.15, -0.1) is 0 Å². The fourth-order valence-corrected chi connectivity index (χ4v) is 4.14. The third kappa shape index (κ3) is 5.58. The van der Waals surface area contributed by atoms with E-state index in [9.17, 15) is 13.2 Å². The highest BCUT2D eigenvalue weighted by atomic mass is 32.2. The monoisotopic (exact) mass is 402 g/mol. The largest absolute Gasteiger partial charge is 0.348 e. The van der Waals surface area contributed by atoms with Crippen LogP contribution < -0.4 is 9.62 Å². The van der Waals surface area contributed by atoms with Crippen LogP contribution in [-0.4, -0.2) is 27.1 Å². The van der Waals surface area contributed by atoms with Crippen LogP contribution in [0.15, 0.2) is 42.5 Å². The molecule has 0 radical (unpaired) electrons. The highest BCUT2D eigenvalue weighted by molar-refractivity contribution is 7.92. The molecule has 0 aliphatic heterocycles. The lowest BCUT2D eigenvalue weighted by Crippen LogP contribution is -2.41. The molecule has 6 heteroatoms. The number of rotatable bonds is 8. The quantitative estimate of drug-likeness (QED) is 0.728. The molecule has 0 aliphatic carbocycles. The van der Waals surface area contributed by atoms with E-state index in [1.54, 1.807) is 12.1 Å². The van der Waals surface area contributed by atoms with Crippen LogP contribution in [0.3, 0.4) is 0 Å². The summed E-state index contributed by atoms with van der Waals surface area (Å²) in [5, 5.41) is 2.99. The second-order valence-electron chi connectivity index (χ2n) is 7.18. The summed E-state index contributed by atoms with van der Waals surface area (Å²) in [6.07, 6.45) is 2.71. The Balaban J connectivity index is 2.20. The average molecular weight is 403 g/mol. The molecule has 0 bridgehead atoms. The van der Waals surface area contributed by atoms with E-state index in [0.29, 0.717) is 5.69 Å². The van der Waals surface area contributed by atoms with E-state index in [2.05, 4.69) is 11.4 Å². The maximum Gasteiger partial charge on any atom is 0.241 e. The van der Waals surface area contributed by atoms with Crippen molar-refractivity contribution in [3.8, 4) is 0 Å². The predicted octanol–water partition coefficient (Wildman–Crippen LogP) is 3.90. The van der Waals surface area contributed by atoms with Crippen LogP contribution in [0.4, 0.5) is 5.69 Å². The zero-order chi connectivity index (χ0) is 20.9. The Hall–Kier alpha value is -2.34. The number of carbonyl (C=O) groups is 1. The molecule has 1 atom stereocenters. The molecule has 2 aromatic carbocycles. The van der Waals surface area contributed by atoms with Crippen molar-refractivity contribution in [2.45, 2.75) is 46.6 Å². The zero-order valence-electron chi connectivity index (χ0n) is 17.3. The van der Waals surface area contributed by atoms with Crippen molar-refractivity contribution in [2.75, 3.05) is 17.1 Å². The molecule has 1 amide bonds. The number of carbonyl (C=O) groups excluding carboxylic acids is 1. The third-order valence-electron chi connectivity index (χ3n) is 4.86. The Morgan fingerprint density at radius 1 is 1.07 bits per heavy atom. The van der Waals surface area contributed by atoms with Gasteiger partial charge in [0.15, 0.2) is 0 Å². The van der Waals surface area contributed by atoms with Crippen molar-refractivity contribution in [1.82, 2.24) is 5.32 Å². The molecule has 0 aromatic heterocycles. The standard InChI is InChI=1S/C22H30N2O3S/c1-6-18-9-11-19(12-10-18)24(28(5,26)27)15-22(25)23-21(7-2)20-13-8-16(3)14-17(20)4/h8-14,21H,6-7,15H2,1-5H3,(H,23,25)/t21-/m0/s1. The zero-order valence-corrected chi connectivity index (χ0v) is 18.1. The molecule has 0 heterocycles. The molecule has 2 rings (SSSR count). The Labute approximate surface area is 168 Å². The maximum absolute atomic E-state index is 12.7. The minimum absolute atomic E-state index is 0.156. The lowest BCUT2D eigenvalue weighted by Gasteiger charge is -2.25. The summed E-state index contributed by atoms with van der Waals surface area (Å²) < 4.78 is 25.7. The fraction of sp³-hybridized carbons (Fsp3) is 0.409. The van der Waals surface area contributed by atoms with E-state index in [1.807, 2.05) is 52.0 Å². The summed E-state index contributed by atoms with van der Waals surface area (Å²) in [6.45, 7) is 7.85. The van der Waals surface area contributed by atoms with Crippen molar-refractivity contribution in [3.63, 3.8) is 0 Å². The maximum atomic E-state index is 12.7. The van der Waals surface area contributed by atoms with Crippen molar-refractivity contribution >= 4 is 21.6 Å². The number of amides is 1. The van der Waals surface area contributed by atoms with Crippen molar-refractivity contribution in [3.05, 3.63) is 64.7 Å². The smallest absolute Gasteiger partial charge is 0.241 e. The number of anilines is 1. The van der Waals surface area contributed by atoms with Gasteiger partial charge in [0, 0.05) is 0 Å². The first kappa shape index (κ1) is 22.0. The molecule has 1 N–H and O–H groups in total. The number of hydrogen-bond donors (Lipinski definition) is 1. The van der Waals surface area contributed by atoms with Crippen LogP contribution in [-0.2, 0) is 21.2 Å². The highest BCUT2D eigenvalue weighted by Crippen LogP contribution is 2.23. The number of nitrogens with one attached hydrogen (secondary N) is 1. The summed E-state index contributed by atoms with van der Waals surface area (Å²) >= 11 is 0. The van der Waals surface area contributed by atoms with E-state index in [4.69, 9.17) is 0 Å². The Morgan fingerprint density at radius 2 is 1.71 bits per heavy atom. The van der Waals surface area contributed by atoms with Gasteiger partial charge in [0.1, 0.15) is 6.54 Å². The van der Waals surface area contributed by atoms with E-state index in [1.165, 1.54) is 5.56 Å². The van der Waals surface area contributed by atoms with Crippen LogP contribution in [0.25, 0.3) is 0 Å². The molecular formula is C22H30N2O3S. The van der Waals surface area contributed by atoms with Gasteiger partial charge in [-0.25, -0.2) is 8.42 Å². The van der Waals surface area contributed by atoms with E-state index in [0.717, 1.165) is 40.1 Å². The molecule has 0 fully saturated rings. The average Bonchev–Trinajstić information content (AvgIpc) is 2.64. The van der Waals surface area contributed by atoms with Gasteiger partial charge in [-0.3, -0.25) is 9.10 Å². The van der Waals surface area contributed by atoms with Gasteiger partial charge in [-0.1, -0.05) is 49.7 Å². The number of sulfonamides is 1. The van der Waals surface area contributed by atoms with Crippen LogP contribution >= 0.6 is 0 Å². The number of aryl methyl sites for hydroxylation is 3.